The van der Waals surface area contributed by atoms with Crippen molar-refractivity contribution in [3.05, 3.63) is 63.7 Å². The highest BCUT2D eigenvalue weighted by atomic mass is 32.2. The molecule has 0 atom stereocenters. The Labute approximate surface area is 163 Å². The number of nitrogens with zero attached hydrogens (tertiary/aromatic N) is 2. The summed E-state index contributed by atoms with van der Waals surface area (Å²) >= 11 is 0. The molecule has 0 aliphatic carbocycles. The summed E-state index contributed by atoms with van der Waals surface area (Å²) in [4.78, 5) is 22.7. The van der Waals surface area contributed by atoms with E-state index in [2.05, 4.69) is 5.32 Å². The number of nitro benzene ring substituents is 1. The fourth-order valence-electron chi connectivity index (χ4n) is 3.14. The van der Waals surface area contributed by atoms with Crippen LogP contribution in [0.15, 0.2) is 47.4 Å². The third kappa shape index (κ3) is 4.20. The van der Waals surface area contributed by atoms with Gasteiger partial charge in [0.15, 0.2) is 0 Å². The second-order valence-electron chi connectivity index (χ2n) is 6.70. The van der Waals surface area contributed by atoms with Crippen molar-refractivity contribution < 1.29 is 18.1 Å². The topological polar surface area (TPSA) is 110 Å². The van der Waals surface area contributed by atoms with Gasteiger partial charge in [-0.3, -0.25) is 14.9 Å². The molecular formula is C19H21N3O5S. The normalized spacial score (nSPS) is 15.2. The molecule has 0 spiro atoms. The molecule has 1 aliphatic rings. The second-order valence-corrected chi connectivity index (χ2v) is 8.61. The quantitative estimate of drug-likeness (QED) is 0.608. The first kappa shape index (κ1) is 20.0. The zero-order valence-corrected chi connectivity index (χ0v) is 16.2. The number of sulfonamides is 1. The minimum Gasteiger partial charge on any atom is -0.322 e. The maximum absolute atomic E-state index is 13.0. The van der Waals surface area contributed by atoms with Gasteiger partial charge in [-0.25, -0.2) is 8.42 Å². The summed E-state index contributed by atoms with van der Waals surface area (Å²) in [6.45, 7) is 2.72. The van der Waals surface area contributed by atoms with Crippen LogP contribution in [-0.2, 0) is 10.0 Å². The Hall–Kier alpha value is -2.78. The van der Waals surface area contributed by atoms with Crippen molar-refractivity contribution >= 4 is 27.3 Å². The van der Waals surface area contributed by atoms with Gasteiger partial charge in [0.2, 0.25) is 10.0 Å². The van der Waals surface area contributed by atoms with Crippen LogP contribution in [0.4, 0.5) is 11.4 Å². The molecule has 1 heterocycles. The van der Waals surface area contributed by atoms with Crippen molar-refractivity contribution in [1.29, 1.82) is 0 Å². The molecule has 1 fully saturated rings. The Morgan fingerprint density at radius 2 is 1.71 bits per heavy atom. The van der Waals surface area contributed by atoms with Crippen LogP contribution in [-0.4, -0.2) is 36.6 Å². The number of benzene rings is 2. The monoisotopic (exact) mass is 403 g/mol. The maximum atomic E-state index is 13.0. The zero-order chi connectivity index (χ0) is 20.3. The van der Waals surface area contributed by atoms with Gasteiger partial charge in [-0.1, -0.05) is 12.5 Å². The van der Waals surface area contributed by atoms with Gasteiger partial charge in [-0.2, -0.15) is 4.31 Å². The van der Waals surface area contributed by atoms with Gasteiger partial charge < -0.3 is 5.32 Å². The number of piperidine rings is 1. The number of hydrogen-bond donors (Lipinski definition) is 1. The lowest BCUT2D eigenvalue weighted by molar-refractivity contribution is -0.384. The number of hydrogen-bond acceptors (Lipinski definition) is 5. The molecule has 2 aromatic rings. The number of carbonyl (C=O) groups excluding carboxylic acids is 1. The Bertz CT molecular complexity index is 997. The lowest BCUT2D eigenvalue weighted by Crippen LogP contribution is -2.36. The van der Waals surface area contributed by atoms with Gasteiger partial charge in [-0.05, 0) is 49.6 Å². The molecule has 148 valence electrons. The van der Waals surface area contributed by atoms with Gasteiger partial charge in [0, 0.05) is 36.5 Å². The predicted molar refractivity (Wildman–Crippen MR) is 105 cm³/mol. The first-order valence-corrected chi connectivity index (χ1v) is 10.4. The summed E-state index contributed by atoms with van der Waals surface area (Å²) in [7, 11) is -3.62. The molecule has 0 bridgehead atoms. The van der Waals surface area contributed by atoms with E-state index in [1.54, 1.807) is 19.1 Å². The molecule has 9 heteroatoms. The van der Waals surface area contributed by atoms with Crippen LogP contribution in [0.5, 0.6) is 0 Å². The highest BCUT2D eigenvalue weighted by Crippen LogP contribution is 2.26. The third-order valence-corrected chi connectivity index (χ3v) is 6.76. The third-order valence-electron chi connectivity index (χ3n) is 4.72. The zero-order valence-electron chi connectivity index (χ0n) is 15.4. The van der Waals surface area contributed by atoms with Gasteiger partial charge in [0.25, 0.3) is 11.6 Å². The predicted octanol–water partition coefficient (Wildman–Crippen LogP) is 3.33. The number of aryl methyl sites for hydroxylation is 1. The number of rotatable bonds is 5. The first-order valence-electron chi connectivity index (χ1n) is 8.95. The van der Waals surface area contributed by atoms with Gasteiger partial charge in [-0.15, -0.1) is 0 Å². The molecule has 0 unspecified atom stereocenters. The second kappa shape index (κ2) is 8.07. The molecular weight excluding hydrogens is 382 g/mol. The van der Waals surface area contributed by atoms with E-state index in [1.807, 2.05) is 0 Å². The minimum atomic E-state index is -3.62. The summed E-state index contributed by atoms with van der Waals surface area (Å²) in [5, 5.41) is 13.4. The van der Waals surface area contributed by atoms with Crippen LogP contribution in [0, 0.1) is 17.0 Å². The number of nitrogens with one attached hydrogen (secondary N) is 1. The molecule has 0 radical (unpaired) electrons. The number of carbonyl (C=O) groups is 1. The fourth-order valence-corrected chi connectivity index (χ4v) is 4.91. The van der Waals surface area contributed by atoms with E-state index in [9.17, 15) is 23.3 Å². The van der Waals surface area contributed by atoms with E-state index in [0.717, 1.165) is 19.3 Å². The number of nitro groups is 1. The van der Waals surface area contributed by atoms with Crippen molar-refractivity contribution in [2.75, 3.05) is 18.4 Å². The standard InChI is InChI=1S/C19H21N3O5S/c1-14-5-8-16(13-18(14)28(26,27)21-11-3-2-4-12-21)20-19(23)15-6-9-17(10-7-15)22(24)25/h5-10,13H,2-4,11-12H2,1H3,(H,20,23). The minimum absolute atomic E-state index is 0.109. The van der Waals surface area contributed by atoms with Crippen LogP contribution in [0.25, 0.3) is 0 Å². The first-order chi connectivity index (χ1) is 13.3. The van der Waals surface area contributed by atoms with Crippen molar-refractivity contribution in [3.8, 4) is 0 Å². The average molecular weight is 403 g/mol. The number of anilines is 1. The van der Waals surface area contributed by atoms with E-state index in [-0.39, 0.29) is 16.1 Å². The molecule has 1 N–H and O–H groups in total. The van der Waals surface area contributed by atoms with Gasteiger partial charge >= 0.3 is 0 Å². The van der Waals surface area contributed by atoms with E-state index < -0.39 is 20.9 Å². The smallest absolute Gasteiger partial charge is 0.269 e. The van der Waals surface area contributed by atoms with Gasteiger partial charge in [0.1, 0.15) is 0 Å². The highest BCUT2D eigenvalue weighted by Gasteiger charge is 2.27. The molecule has 28 heavy (non-hydrogen) atoms. The lowest BCUT2D eigenvalue weighted by atomic mass is 10.2. The Morgan fingerprint density at radius 3 is 2.32 bits per heavy atom. The van der Waals surface area contributed by atoms with Crippen molar-refractivity contribution in [1.82, 2.24) is 4.31 Å². The van der Waals surface area contributed by atoms with Gasteiger partial charge in [0.05, 0.1) is 9.82 Å². The Morgan fingerprint density at radius 1 is 1.07 bits per heavy atom. The summed E-state index contributed by atoms with van der Waals surface area (Å²) in [6, 6.07) is 9.95. The van der Waals surface area contributed by atoms with Crippen molar-refractivity contribution in [2.24, 2.45) is 0 Å². The molecule has 1 amide bonds. The largest absolute Gasteiger partial charge is 0.322 e. The Balaban J connectivity index is 1.82. The molecule has 0 saturated carbocycles. The van der Waals surface area contributed by atoms with E-state index in [0.29, 0.717) is 24.3 Å². The Kier molecular flexibility index (Phi) is 5.76. The molecule has 0 aromatic heterocycles. The van der Waals surface area contributed by atoms with Crippen LogP contribution in [0.3, 0.4) is 0 Å². The molecule has 1 saturated heterocycles. The summed E-state index contributed by atoms with van der Waals surface area (Å²) < 4.78 is 27.4. The van der Waals surface area contributed by atoms with E-state index in [1.165, 1.54) is 34.6 Å². The van der Waals surface area contributed by atoms with Crippen LogP contribution >= 0.6 is 0 Å². The summed E-state index contributed by atoms with van der Waals surface area (Å²) in [5.74, 6) is -0.472. The van der Waals surface area contributed by atoms with Crippen LogP contribution < -0.4 is 5.32 Å². The molecule has 8 nitrogen and oxygen atoms in total. The summed E-state index contributed by atoms with van der Waals surface area (Å²) in [5.41, 5.74) is 1.09. The maximum Gasteiger partial charge on any atom is 0.269 e. The van der Waals surface area contributed by atoms with E-state index >= 15 is 0 Å². The molecule has 3 rings (SSSR count). The fraction of sp³-hybridized carbons (Fsp3) is 0.316. The van der Waals surface area contributed by atoms with Crippen LogP contribution in [0.2, 0.25) is 0 Å². The van der Waals surface area contributed by atoms with Crippen LogP contribution in [0.1, 0.15) is 35.2 Å². The van der Waals surface area contributed by atoms with E-state index in [4.69, 9.17) is 0 Å². The average Bonchev–Trinajstić information content (AvgIpc) is 2.70. The highest BCUT2D eigenvalue weighted by molar-refractivity contribution is 7.89. The molecule has 1 aliphatic heterocycles. The van der Waals surface area contributed by atoms with Crippen molar-refractivity contribution in [2.45, 2.75) is 31.1 Å². The SMILES string of the molecule is Cc1ccc(NC(=O)c2ccc([N+](=O)[O-])cc2)cc1S(=O)(=O)N1CCCCC1. The lowest BCUT2D eigenvalue weighted by Gasteiger charge is -2.26. The molecule has 2 aromatic carbocycles. The summed E-state index contributed by atoms with van der Waals surface area (Å²) in [6.07, 6.45) is 2.71. The number of amides is 1. The van der Waals surface area contributed by atoms with Crippen molar-refractivity contribution in [3.63, 3.8) is 0 Å². The number of non-ortho nitro benzene ring substituents is 1.